The molecule has 0 spiro atoms. The lowest BCUT2D eigenvalue weighted by Gasteiger charge is -2.23. The Labute approximate surface area is 98.1 Å². The fourth-order valence-corrected chi connectivity index (χ4v) is 2.25. The molecule has 0 aliphatic carbocycles. The molecule has 0 atom stereocenters. The number of nitrogens with zero attached hydrogens (tertiary/aromatic N) is 1. The standard InChI is InChI=1S/C13H23NO2/c1-11(9-12(15)16)10-14-7-4-5-13(2,3)6-8-14/h9H,4-8,10H2,1-3H3,(H,15,16). The van der Waals surface area contributed by atoms with E-state index in [9.17, 15) is 4.79 Å². The van der Waals surface area contributed by atoms with Crippen LogP contribution in [0.2, 0.25) is 0 Å². The summed E-state index contributed by atoms with van der Waals surface area (Å²) < 4.78 is 0. The minimum absolute atomic E-state index is 0.444. The van der Waals surface area contributed by atoms with Gasteiger partial charge in [-0.1, -0.05) is 19.4 Å². The van der Waals surface area contributed by atoms with Gasteiger partial charge in [-0.3, -0.25) is 4.90 Å². The second-order valence-electron chi connectivity index (χ2n) is 5.62. The summed E-state index contributed by atoms with van der Waals surface area (Å²) in [5.74, 6) is -0.840. The maximum Gasteiger partial charge on any atom is 0.328 e. The highest BCUT2D eigenvalue weighted by atomic mass is 16.4. The van der Waals surface area contributed by atoms with E-state index in [1.165, 1.54) is 25.3 Å². The Morgan fingerprint density at radius 2 is 2.06 bits per heavy atom. The molecule has 0 radical (unpaired) electrons. The van der Waals surface area contributed by atoms with Gasteiger partial charge in [-0.15, -0.1) is 0 Å². The van der Waals surface area contributed by atoms with E-state index < -0.39 is 5.97 Å². The predicted octanol–water partition coefficient (Wildman–Crippen LogP) is 2.53. The van der Waals surface area contributed by atoms with Crippen LogP contribution in [0.4, 0.5) is 0 Å². The zero-order chi connectivity index (χ0) is 12.2. The van der Waals surface area contributed by atoms with Gasteiger partial charge in [0.15, 0.2) is 0 Å². The van der Waals surface area contributed by atoms with E-state index in [1.54, 1.807) is 0 Å². The summed E-state index contributed by atoms with van der Waals surface area (Å²) in [7, 11) is 0. The van der Waals surface area contributed by atoms with Crippen molar-refractivity contribution in [3.63, 3.8) is 0 Å². The number of carboxylic acid groups (broad SMARTS) is 1. The van der Waals surface area contributed by atoms with E-state index in [1.807, 2.05) is 6.92 Å². The lowest BCUT2D eigenvalue weighted by molar-refractivity contribution is -0.131. The molecule has 1 N–H and O–H groups in total. The number of rotatable bonds is 3. The predicted molar refractivity (Wildman–Crippen MR) is 65.5 cm³/mol. The van der Waals surface area contributed by atoms with Crippen molar-refractivity contribution in [2.45, 2.75) is 40.0 Å². The molecule has 1 heterocycles. The van der Waals surface area contributed by atoms with Crippen LogP contribution in [0.25, 0.3) is 0 Å². The fraction of sp³-hybridized carbons (Fsp3) is 0.769. The van der Waals surface area contributed by atoms with Gasteiger partial charge in [0.05, 0.1) is 0 Å². The smallest absolute Gasteiger partial charge is 0.328 e. The van der Waals surface area contributed by atoms with E-state index in [0.29, 0.717) is 5.41 Å². The van der Waals surface area contributed by atoms with Gasteiger partial charge < -0.3 is 5.11 Å². The first-order valence-corrected chi connectivity index (χ1v) is 6.01. The molecule has 1 fully saturated rings. The SMILES string of the molecule is CC(=CC(=O)O)CN1CCCC(C)(C)CC1. The molecular weight excluding hydrogens is 202 g/mol. The summed E-state index contributed by atoms with van der Waals surface area (Å²) in [5.41, 5.74) is 1.38. The van der Waals surface area contributed by atoms with Crippen molar-refractivity contribution in [3.05, 3.63) is 11.6 Å². The average Bonchev–Trinajstić information content (AvgIpc) is 2.26. The third-order valence-electron chi connectivity index (χ3n) is 3.28. The number of carbonyl (C=O) groups is 1. The fourth-order valence-electron chi connectivity index (χ4n) is 2.25. The number of likely N-dealkylation sites (tertiary alicyclic amines) is 1. The van der Waals surface area contributed by atoms with Crippen LogP contribution in [-0.2, 0) is 4.79 Å². The normalized spacial score (nSPS) is 22.8. The summed E-state index contributed by atoms with van der Waals surface area (Å²) in [5, 5.41) is 8.66. The van der Waals surface area contributed by atoms with Gasteiger partial charge in [0.25, 0.3) is 0 Å². The summed E-state index contributed by atoms with van der Waals surface area (Å²) in [6.45, 7) is 9.49. The molecule has 1 rings (SSSR count). The number of hydrogen-bond donors (Lipinski definition) is 1. The number of carboxylic acids is 1. The Bertz CT molecular complexity index is 282. The van der Waals surface area contributed by atoms with Crippen LogP contribution in [0.15, 0.2) is 11.6 Å². The van der Waals surface area contributed by atoms with E-state index in [2.05, 4.69) is 18.7 Å². The molecule has 1 aliphatic rings. The third kappa shape index (κ3) is 4.79. The van der Waals surface area contributed by atoms with Gasteiger partial charge in [0.2, 0.25) is 0 Å². The van der Waals surface area contributed by atoms with Crippen molar-refractivity contribution in [1.82, 2.24) is 4.90 Å². The molecule has 16 heavy (non-hydrogen) atoms. The van der Waals surface area contributed by atoms with Gasteiger partial charge in [0, 0.05) is 12.6 Å². The van der Waals surface area contributed by atoms with Gasteiger partial charge >= 0.3 is 5.97 Å². The molecule has 0 aromatic rings. The Hall–Kier alpha value is -0.830. The van der Waals surface area contributed by atoms with Gasteiger partial charge in [-0.05, 0) is 44.7 Å². The first-order valence-electron chi connectivity index (χ1n) is 6.01. The molecule has 0 aromatic heterocycles. The molecule has 0 unspecified atom stereocenters. The van der Waals surface area contributed by atoms with E-state index in [0.717, 1.165) is 25.2 Å². The van der Waals surface area contributed by atoms with Crippen LogP contribution < -0.4 is 0 Å². The van der Waals surface area contributed by atoms with Gasteiger partial charge in [-0.25, -0.2) is 4.79 Å². The number of aliphatic carboxylic acids is 1. The molecule has 0 aromatic carbocycles. The molecule has 1 aliphatic heterocycles. The largest absolute Gasteiger partial charge is 0.478 e. The summed E-state index contributed by atoms with van der Waals surface area (Å²) in [6.07, 6.45) is 5.00. The lowest BCUT2D eigenvalue weighted by atomic mass is 9.85. The van der Waals surface area contributed by atoms with Gasteiger partial charge in [0.1, 0.15) is 0 Å². The Morgan fingerprint density at radius 3 is 2.69 bits per heavy atom. The number of hydrogen-bond acceptors (Lipinski definition) is 2. The molecule has 1 saturated heterocycles. The molecular formula is C13H23NO2. The van der Waals surface area contributed by atoms with Crippen molar-refractivity contribution < 1.29 is 9.90 Å². The first-order chi connectivity index (χ1) is 7.39. The summed E-state index contributed by atoms with van der Waals surface area (Å²) >= 11 is 0. The quantitative estimate of drug-likeness (QED) is 0.750. The van der Waals surface area contributed by atoms with Crippen LogP contribution in [0.1, 0.15) is 40.0 Å². The highest BCUT2D eigenvalue weighted by Crippen LogP contribution is 2.29. The van der Waals surface area contributed by atoms with Crippen molar-refractivity contribution in [1.29, 1.82) is 0 Å². The van der Waals surface area contributed by atoms with Crippen molar-refractivity contribution in [3.8, 4) is 0 Å². The summed E-state index contributed by atoms with van der Waals surface area (Å²) in [4.78, 5) is 12.9. The highest BCUT2D eigenvalue weighted by molar-refractivity contribution is 5.80. The van der Waals surface area contributed by atoms with Crippen LogP contribution in [0.5, 0.6) is 0 Å². The van der Waals surface area contributed by atoms with E-state index in [-0.39, 0.29) is 0 Å². The van der Waals surface area contributed by atoms with Crippen LogP contribution in [0.3, 0.4) is 0 Å². The maximum atomic E-state index is 10.5. The van der Waals surface area contributed by atoms with Crippen molar-refractivity contribution in [2.75, 3.05) is 19.6 Å². The molecule has 0 amide bonds. The molecule has 92 valence electrons. The minimum Gasteiger partial charge on any atom is -0.478 e. The lowest BCUT2D eigenvalue weighted by Crippen LogP contribution is -2.27. The van der Waals surface area contributed by atoms with Crippen molar-refractivity contribution >= 4 is 5.97 Å². The minimum atomic E-state index is -0.840. The van der Waals surface area contributed by atoms with E-state index in [4.69, 9.17) is 5.11 Å². The zero-order valence-corrected chi connectivity index (χ0v) is 10.6. The highest BCUT2D eigenvalue weighted by Gasteiger charge is 2.22. The summed E-state index contributed by atoms with van der Waals surface area (Å²) in [6, 6.07) is 0. The van der Waals surface area contributed by atoms with Crippen molar-refractivity contribution in [2.24, 2.45) is 5.41 Å². The topological polar surface area (TPSA) is 40.5 Å². The van der Waals surface area contributed by atoms with Crippen LogP contribution in [-0.4, -0.2) is 35.6 Å². The average molecular weight is 225 g/mol. The zero-order valence-electron chi connectivity index (χ0n) is 10.6. The van der Waals surface area contributed by atoms with Crippen LogP contribution >= 0.6 is 0 Å². The Kier molecular flexibility index (Phi) is 4.54. The Morgan fingerprint density at radius 1 is 1.38 bits per heavy atom. The van der Waals surface area contributed by atoms with Gasteiger partial charge in [-0.2, -0.15) is 0 Å². The molecule has 0 saturated carbocycles. The monoisotopic (exact) mass is 225 g/mol. The Balaban J connectivity index is 2.47. The molecule has 3 heteroatoms. The van der Waals surface area contributed by atoms with Crippen LogP contribution in [0, 0.1) is 5.41 Å². The molecule has 3 nitrogen and oxygen atoms in total. The third-order valence-corrected chi connectivity index (χ3v) is 3.28. The van der Waals surface area contributed by atoms with E-state index >= 15 is 0 Å². The maximum absolute atomic E-state index is 10.5. The molecule has 0 bridgehead atoms. The second-order valence-corrected chi connectivity index (χ2v) is 5.62. The first kappa shape index (κ1) is 13.2. The second kappa shape index (κ2) is 5.48.